The van der Waals surface area contributed by atoms with Crippen molar-refractivity contribution in [1.82, 2.24) is 9.55 Å². The average molecular weight is 585 g/mol. The van der Waals surface area contributed by atoms with E-state index in [2.05, 4.69) is 108 Å². The van der Waals surface area contributed by atoms with Crippen molar-refractivity contribution < 1.29 is 2.74 Å². The first-order chi connectivity index (χ1) is 22.5. The molecule has 0 fully saturated rings. The van der Waals surface area contributed by atoms with Gasteiger partial charge in [-0.3, -0.25) is 4.57 Å². The Morgan fingerprint density at radius 2 is 1.25 bits per heavy atom. The minimum absolute atomic E-state index is 0.624. The second-order valence-electron chi connectivity index (χ2n) is 11.1. The lowest BCUT2D eigenvalue weighted by molar-refractivity contribution is 1.11. The predicted octanol–water partition coefficient (Wildman–Crippen LogP) is 11.1. The van der Waals surface area contributed by atoms with Crippen molar-refractivity contribution in [2.45, 2.75) is 13.3 Å². The molecule has 2 heterocycles. The fourth-order valence-electron chi connectivity index (χ4n) is 6.10. The molecule has 3 heteroatoms. The Balaban J connectivity index is 1.44. The first-order valence-electron chi connectivity index (χ1n) is 15.8. The minimum atomic E-state index is -1.65. The summed E-state index contributed by atoms with van der Waals surface area (Å²) in [5.74, 6) is 0.836. The van der Waals surface area contributed by atoms with Crippen LogP contribution in [0, 0.1) is 6.92 Å². The van der Waals surface area contributed by atoms with Gasteiger partial charge in [-0.25, -0.2) is 4.98 Å². The molecule has 2 aromatic heterocycles. The molecule has 0 aliphatic rings. The van der Waals surface area contributed by atoms with Gasteiger partial charge in [0.05, 0.1) is 16.7 Å². The second kappa shape index (κ2) is 11.1. The Hall–Kier alpha value is -5.25. The Morgan fingerprint density at radius 1 is 0.636 bits per heavy atom. The van der Waals surface area contributed by atoms with E-state index in [-0.39, 0.29) is 0 Å². The molecule has 8 aromatic rings. The summed E-state index contributed by atoms with van der Waals surface area (Å²) in [6.07, 6.45) is -1.65. The number of thiophene rings is 1. The molecule has 0 amide bonds. The monoisotopic (exact) mass is 584 g/mol. The standard InChI is InChI=1S/C41H30N2S/c1-28-23-33(31-15-7-3-8-16-31)40(34(24-28)32-17-9-4-10-18-32)43-38-20-12-11-19-37(38)42-41(43)36-27-44-39-22-21-30(26-35(36)39)25-29-13-5-2-6-14-29/h2-24,26-27H,25H2,1H3/i25D2. The summed E-state index contributed by atoms with van der Waals surface area (Å²) < 4.78 is 21.6. The molecule has 0 N–H and O–H groups in total. The predicted molar refractivity (Wildman–Crippen MR) is 187 cm³/mol. The lowest BCUT2D eigenvalue weighted by atomic mass is 9.93. The molecule has 44 heavy (non-hydrogen) atoms. The molecular weight excluding hydrogens is 553 g/mol. The van der Waals surface area contributed by atoms with Crippen LogP contribution >= 0.6 is 11.3 Å². The van der Waals surface area contributed by atoms with Crippen molar-refractivity contribution in [2.24, 2.45) is 0 Å². The summed E-state index contributed by atoms with van der Waals surface area (Å²) in [4.78, 5) is 5.30. The fraction of sp³-hybridized carbons (Fsp3) is 0.0488. The third-order valence-electron chi connectivity index (χ3n) is 8.09. The molecule has 0 saturated heterocycles. The third kappa shape index (κ3) is 4.72. The molecule has 6 aromatic carbocycles. The Labute approximate surface area is 264 Å². The number of rotatable bonds is 6. The summed E-state index contributed by atoms with van der Waals surface area (Å²) in [5, 5.41) is 3.16. The normalized spacial score (nSPS) is 12.4. The molecule has 0 spiro atoms. The van der Waals surface area contributed by atoms with Gasteiger partial charge in [0.15, 0.2) is 0 Å². The van der Waals surface area contributed by atoms with Gasteiger partial charge in [-0.2, -0.15) is 0 Å². The summed E-state index contributed by atoms with van der Waals surface area (Å²) >= 11 is 1.67. The second-order valence-corrected chi connectivity index (χ2v) is 12.0. The van der Waals surface area contributed by atoms with E-state index in [1.165, 1.54) is 5.56 Å². The molecule has 0 saturated carbocycles. The van der Waals surface area contributed by atoms with E-state index in [0.29, 0.717) is 11.1 Å². The van der Waals surface area contributed by atoms with E-state index in [1.807, 2.05) is 54.6 Å². The van der Waals surface area contributed by atoms with Crippen molar-refractivity contribution >= 4 is 32.5 Å². The quantitative estimate of drug-likeness (QED) is 0.190. The van der Waals surface area contributed by atoms with Gasteiger partial charge in [-0.1, -0.05) is 109 Å². The van der Waals surface area contributed by atoms with Gasteiger partial charge < -0.3 is 0 Å². The number of nitrogens with zero attached hydrogens (tertiary/aromatic N) is 2. The molecule has 0 atom stereocenters. The van der Waals surface area contributed by atoms with Gasteiger partial charge in [0.25, 0.3) is 0 Å². The third-order valence-corrected chi connectivity index (χ3v) is 9.05. The maximum Gasteiger partial charge on any atom is 0.147 e. The van der Waals surface area contributed by atoms with E-state index in [4.69, 9.17) is 7.73 Å². The number of hydrogen-bond donors (Lipinski definition) is 0. The fourth-order valence-corrected chi connectivity index (χ4v) is 7.02. The van der Waals surface area contributed by atoms with Crippen molar-refractivity contribution in [1.29, 1.82) is 0 Å². The van der Waals surface area contributed by atoms with E-state index >= 15 is 0 Å². The van der Waals surface area contributed by atoms with Gasteiger partial charge in [0, 0.05) is 34.9 Å². The highest BCUT2D eigenvalue weighted by atomic mass is 32.1. The largest absolute Gasteiger partial charge is 0.291 e. The Kier molecular flexibility index (Phi) is 6.11. The van der Waals surface area contributed by atoms with E-state index in [0.717, 1.165) is 60.4 Å². The SMILES string of the molecule is [2H]C([2H])(c1ccccc1)c1ccc2scc(-c3nc4ccccc4n3-c3c(-c4ccccc4)cc(C)cc3-c3ccccc3)c2c1. The summed E-state index contributed by atoms with van der Waals surface area (Å²) in [6.45, 7) is 2.16. The van der Waals surface area contributed by atoms with Gasteiger partial charge >= 0.3 is 0 Å². The highest BCUT2D eigenvalue weighted by Crippen LogP contribution is 2.43. The first-order valence-corrected chi connectivity index (χ1v) is 15.7. The number of benzene rings is 6. The van der Waals surface area contributed by atoms with Crippen molar-refractivity contribution in [3.8, 4) is 39.3 Å². The van der Waals surface area contributed by atoms with Crippen LogP contribution in [0.5, 0.6) is 0 Å². The molecule has 2 nitrogen and oxygen atoms in total. The van der Waals surface area contributed by atoms with Crippen molar-refractivity contribution in [3.63, 3.8) is 0 Å². The van der Waals surface area contributed by atoms with Crippen LogP contribution in [0.15, 0.2) is 151 Å². The van der Waals surface area contributed by atoms with Crippen LogP contribution in [-0.2, 0) is 6.37 Å². The van der Waals surface area contributed by atoms with Crippen LogP contribution in [0.25, 0.3) is 60.4 Å². The van der Waals surface area contributed by atoms with Crippen LogP contribution in [-0.4, -0.2) is 9.55 Å². The van der Waals surface area contributed by atoms with Gasteiger partial charge in [0.2, 0.25) is 0 Å². The van der Waals surface area contributed by atoms with Crippen molar-refractivity contribution in [3.05, 3.63) is 168 Å². The van der Waals surface area contributed by atoms with E-state index in [9.17, 15) is 0 Å². The lowest BCUT2D eigenvalue weighted by Crippen LogP contribution is -2.03. The summed E-state index contributed by atoms with van der Waals surface area (Å²) in [7, 11) is 0. The van der Waals surface area contributed by atoms with Crippen LogP contribution < -0.4 is 0 Å². The number of hydrogen-bond acceptors (Lipinski definition) is 2. The highest BCUT2D eigenvalue weighted by Gasteiger charge is 2.23. The molecule has 0 aliphatic carbocycles. The molecule has 8 rings (SSSR count). The topological polar surface area (TPSA) is 17.8 Å². The zero-order chi connectivity index (χ0) is 31.3. The van der Waals surface area contributed by atoms with E-state index in [1.54, 1.807) is 11.3 Å². The minimum Gasteiger partial charge on any atom is -0.291 e. The Morgan fingerprint density at radius 3 is 1.93 bits per heavy atom. The maximum absolute atomic E-state index is 9.09. The summed E-state index contributed by atoms with van der Waals surface area (Å²) in [6, 6.07) is 49.4. The molecule has 210 valence electrons. The molecule has 0 bridgehead atoms. The summed E-state index contributed by atoms with van der Waals surface area (Å²) in [5.41, 5.74) is 11.0. The number of aromatic nitrogens is 2. The molecular formula is C41H30N2S. The zero-order valence-electron chi connectivity index (χ0n) is 26.2. The van der Waals surface area contributed by atoms with Crippen LogP contribution in [0.1, 0.15) is 19.4 Å². The number of fused-ring (bicyclic) bond motifs is 2. The molecule has 0 aliphatic heterocycles. The van der Waals surface area contributed by atoms with E-state index < -0.39 is 6.37 Å². The number of aryl methyl sites for hydroxylation is 1. The number of para-hydroxylation sites is 2. The number of imidazole rings is 1. The van der Waals surface area contributed by atoms with Crippen LogP contribution in [0.2, 0.25) is 0 Å². The van der Waals surface area contributed by atoms with Crippen LogP contribution in [0.3, 0.4) is 0 Å². The lowest BCUT2D eigenvalue weighted by Gasteiger charge is -2.20. The van der Waals surface area contributed by atoms with Gasteiger partial charge in [-0.05, 0) is 77.5 Å². The Bertz CT molecular complexity index is 2280. The van der Waals surface area contributed by atoms with Gasteiger partial charge in [-0.15, -0.1) is 11.3 Å². The van der Waals surface area contributed by atoms with Crippen molar-refractivity contribution in [2.75, 3.05) is 0 Å². The first kappa shape index (κ1) is 24.2. The zero-order valence-corrected chi connectivity index (χ0v) is 25.1. The van der Waals surface area contributed by atoms with Gasteiger partial charge in [0.1, 0.15) is 5.82 Å². The van der Waals surface area contributed by atoms with Crippen LogP contribution in [0.4, 0.5) is 0 Å². The maximum atomic E-state index is 9.09. The molecule has 0 radical (unpaired) electrons. The molecule has 0 unspecified atom stereocenters. The average Bonchev–Trinajstić information content (AvgIpc) is 3.70. The smallest absolute Gasteiger partial charge is 0.147 e. The highest BCUT2D eigenvalue weighted by molar-refractivity contribution is 7.17.